The molecular formula is C18H17Cl2NO4. The van der Waals surface area contributed by atoms with Gasteiger partial charge in [0.15, 0.2) is 6.10 Å². The number of carbonyl (C=O) groups is 2. The first kappa shape index (κ1) is 19.1. The molecule has 1 atom stereocenters. The zero-order chi connectivity index (χ0) is 18.4. The van der Waals surface area contributed by atoms with Crippen LogP contribution in [0.3, 0.4) is 0 Å². The second-order valence-electron chi connectivity index (χ2n) is 5.12. The van der Waals surface area contributed by atoms with Crippen molar-refractivity contribution in [2.24, 2.45) is 0 Å². The lowest BCUT2D eigenvalue weighted by atomic mass is 10.2. The summed E-state index contributed by atoms with van der Waals surface area (Å²) in [5.41, 5.74) is 0.608. The van der Waals surface area contributed by atoms with Crippen molar-refractivity contribution in [1.82, 2.24) is 0 Å². The van der Waals surface area contributed by atoms with Crippen molar-refractivity contribution in [3.8, 4) is 5.75 Å². The van der Waals surface area contributed by atoms with Gasteiger partial charge in [0, 0.05) is 10.7 Å². The topological polar surface area (TPSA) is 64.6 Å². The van der Waals surface area contributed by atoms with Crippen molar-refractivity contribution in [1.29, 1.82) is 0 Å². The van der Waals surface area contributed by atoms with Gasteiger partial charge in [-0.3, -0.25) is 4.79 Å². The molecule has 2 aromatic carbocycles. The molecule has 0 aromatic heterocycles. The van der Waals surface area contributed by atoms with E-state index in [4.69, 9.17) is 32.7 Å². The molecule has 0 spiro atoms. The minimum absolute atomic E-state index is 0.188. The van der Waals surface area contributed by atoms with E-state index in [0.29, 0.717) is 16.5 Å². The Morgan fingerprint density at radius 2 is 1.80 bits per heavy atom. The normalized spacial score (nSPS) is 11.5. The smallest absolute Gasteiger partial charge is 0.339 e. The molecule has 0 aliphatic carbocycles. The van der Waals surface area contributed by atoms with Gasteiger partial charge in [-0.25, -0.2) is 4.79 Å². The summed E-state index contributed by atoms with van der Waals surface area (Å²) in [5, 5.41) is 3.51. The number of amides is 1. The zero-order valence-electron chi connectivity index (χ0n) is 13.7. The first-order chi connectivity index (χ1) is 11.9. The molecule has 0 radical (unpaired) electrons. The second-order valence-corrected chi connectivity index (χ2v) is 5.96. The van der Waals surface area contributed by atoms with Crippen molar-refractivity contribution < 1.29 is 19.1 Å². The fraction of sp³-hybridized carbons (Fsp3) is 0.222. The van der Waals surface area contributed by atoms with Crippen LogP contribution in [0.15, 0.2) is 42.5 Å². The molecule has 7 heteroatoms. The van der Waals surface area contributed by atoms with Crippen LogP contribution in [-0.2, 0) is 9.53 Å². The van der Waals surface area contributed by atoms with E-state index in [-0.39, 0.29) is 23.1 Å². The summed E-state index contributed by atoms with van der Waals surface area (Å²) in [5.74, 6) is -0.392. The predicted molar refractivity (Wildman–Crippen MR) is 97.6 cm³/mol. The molecule has 0 unspecified atom stereocenters. The van der Waals surface area contributed by atoms with Gasteiger partial charge in [0.05, 0.1) is 17.2 Å². The van der Waals surface area contributed by atoms with Crippen LogP contribution in [0.1, 0.15) is 24.2 Å². The van der Waals surface area contributed by atoms with E-state index in [0.717, 1.165) is 0 Å². The Balaban J connectivity index is 2.05. The molecule has 0 heterocycles. The molecule has 0 saturated carbocycles. The molecule has 2 aromatic rings. The summed E-state index contributed by atoms with van der Waals surface area (Å²) in [6.07, 6.45) is -0.747. The lowest BCUT2D eigenvalue weighted by Gasteiger charge is -2.15. The number of esters is 1. The Hall–Kier alpha value is -2.24. The van der Waals surface area contributed by atoms with Crippen molar-refractivity contribution in [3.63, 3.8) is 0 Å². The third kappa shape index (κ3) is 5.37. The Labute approximate surface area is 155 Å². The summed E-state index contributed by atoms with van der Waals surface area (Å²) in [6, 6.07) is 11.3. The van der Waals surface area contributed by atoms with Crippen LogP contribution in [0.2, 0.25) is 10.0 Å². The molecule has 5 nitrogen and oxygen atoms in total. The lowest BCUT2D eigenvalue weighted by molar-refractivity contribution is -0.122. The average Bonchev–Trinajstić information content (AvgIpc) is 2.58. The molecule has 1 N–H and O–H groups in total. The second kappa shape index (κ2) is 8.74. The maximum atomic E-state index is 12.3. The van der Waals surface area contributed by atoms with Crippen LogP contribution in [0.25, 0.3) is 0 Å². The highest BCUT2D eigenvalue weighted by Gasteiger charge is 2.17. The minimum Gasteiger partial charge on any atom is -0.481 e. The third-order valence-corrected chi connectivity index (χ3v) is 3.81. The molecule has 0 bridgehead atoms. The average molecular weight is 382 g/mol. The number of halogens is 2. The van der Waals surface area contributed by atoms with Gasteiger partial charge in [-0.1, -0.05) is 23.2 Å². The monoisotopic (exact) mass is 381 g/mol. The van der Waals surface area contributed by atoms with E-state index in [9.17, 15) is 9.59 Å². The van der Waals surface area contributed by atoms with Crippen LogP contribution < -0.4 is 10.1 Å². The minimum atomic E-state index is -0.747. The van der Waals surface area contributed by atoms with Crippen molar-refractivity contribution in [2.75, 3.05) is 11.9 Å². The molecule has 132 valence electrons. The van der Waals surface area contributed by atoms with Crippen molar-refractivity contribution in [3.05, 3.63) is 58.1 Å². The van der Waals surface area contributed by atoms with E-state index in [2.05, 4.69) is 5.32 Å². The van der Waals surface area contributed by atoms with Crippen LogP contribution in [0.4, 0.5) is 5.69 Å². The highest BCUT2D eigenvalue weighted by Crippen LogP contribution is 2.22. The van der Waals surface area contributed by atoms with Gasteiger partial charge < -0.3 is 14.8 Å². The van der Waals surface area contributed by atoms with E-state index in [1.165, 1.54) is 12.1 Å². The number of hydrogen-bond donors (Lipinski definition) is 1. The fourth-order valence-electron chi connectivity index (χ4n) is 1.98. The van der Waals surface area contributed by atoms with Gasteiger partial charge in [0.1, 0.15) is 5.75 Å². The highest BCUT2D eigenvalue weighted by molar-refractivity contribution is 6.33. The van der Waals surface area contributed by atoms with Crippen LogP contribution in [0, 0.1) is 0 Å². The van der Waals surface area contributed by atoms with Crippen molar-refractivity contribution in [2.45, 2.75) is 20.0 Å². The maximum Gasteiger partial charge on any atom is 0.339 e. The summed E-state index contributed by atoms with van der Waals surface area (Å²) >= 11 is 11.8. The lowest BCUT2D eigenvalue weighted by Crippen LogP contribution is -2.30. The fourth-order valence-corrected chi connectivity index (χ4v) is 2.30. The van der Waals surface area contributed by atoms with E-state index in [1.54, 1.807) is 44.2 Å². The van der Waals surface area contributed by atoms with E-state index in [1.807, 2.05) is 0 Å². The van der Waals surface area contributed by atoms with Gasteiger partial charge in [0.2, 0.25) is 0 Å². The Morgan fingerprint density at radius 3 is 2.44 bits per heavy atom. The summed E-state index contributed by atoms with van der Waals surface area (Å²) in [4.78, 5) is 24.1. The molecule has 1 amide bonds. The summed E-state index contributed by atoms with van der Waals surface area (Å²) < 4.78 is 10.5. The van der Waals surface area contributed by atoms with Crippen LogP contribution in [0.5, 0.6) is 5.75 Å². The largest absolute Gasteiger partial charge is 0.481 e. The number of benzene rings is 2. The van der Waals surface area contributed by atoms with Gasteiger partial charge in [-0.15, -0.1) is 0 Å². The zero-order valence-corrected chi connectivity index (χ0v) is 15.2. The number of rotatable bonds is 6. The predicted octanol–water partition coefficient (Wildman–Crippen LogP) is 4.58. The SMILES string of the molecule is CCOC(=O)c1cc(NC(=O)[C@@H](C)Oc2ccc(Cl)cc2)ccc1Cl. The van der Waals surface area contributed by atoms with Gasteiger partial charge in [-0.2, -0.15) is 0 Å². The molecule has 0 aliphatic heterocycles. The standard InChI is InChI=1S/C18H17Cl2NO4/c1-3-24-18(23)15-10-13(6-9-16(15)20)21-17(22)11(2)25-14-7-4-12(19)5-8-14/h4-11H,3H2,1-2H3,(H,21,22)/t11-/m1/s1. The molecule has 25 heavy (non-hydrogen) atoms. The van der Waals surface area contributed by atoms with Crippen molar-refractivity contribution >= 4 is 40.8 Å². The van der Waals surface area contributed by atoms with Gasteiger partial charge in [-0.05, 0) is 56.3 Å². The number of anilines is 1. The quantitative estimate of drug-likeness (QED) is 0.743. The summed E-state index contributed by atoms with van der Waals surface area (Å²) in [6.45, 7) is 3.55. The number of nitrogens with one attached hydrogen (secondary N) is 1. The molecule has 2 rings (SSSR count). The third-order valence-electron chi connectivity index (χ3n) is 3.22. The molecule has 0 fully saturated rings. The van der Waals surface area contributed by atoms with E-state index < -0.39 is 12.1 Å². The Kier molecular flexibility index (Phi) is 6.67. The van der Waals surface area contributed by atoms with Crippen LogP contribution >= 0.6 is 23.2 Å². The Morgan fingerprint density at radius 1 is 1.12 bits per heavy atom. The van der Waals surface area contributed by atoms with Gasteiger partial charge >= 0.3 is 5.97 Å². The van der Waals surface area contributed by atoms with Gasteiger partial charge in [0.25, 0.3) is 5.91 Å². The van der Waals surface area contributed by atoms with E-state index >= 15 is 0 Å². The maximum absolute atomic E-state index is 12.3. The number of ether oxygens (including phenoxy) is 2. The molecule has 0 saturated heterocycles. The number of carbonyl (C=O) groups excluding carboxylic acids is 2. The highest BCUT2D eigenvalue weighted by atomic mass is 35.5. The first-order valence-corrected chi connectivity index (χ1v) is 8.36. The molecule has 0 aliphatic rings. The first-order valence-electron chi connectivity index (χ1n) is 7.60. The molecular weight excluding hydrogens is 365 g/mol. The summed E-state index contributed by atoms with van der Waals surface area (Å²) in [7, 11) is 0. The Bertz CT molecular complexity index is 762. The van der Waals surface area contributed by atoms with Crippen LogP contribution in [-0.4, -0.2) is 24.6 Å². The number of hydrogen-bond acceptors (Lipinski definition) is 4.